The Morgan fingerprint density at radius 1 is 1.12 bits per heavy atom. The number of amides is 2. The molecular weight excluding hydrogens is 451 g/mol. The van der Waals surface area contributed by atoms with Crippen molar-refractivity contribution >= 4 is 51.7 Å². The summed E-state index contributed by atoms with van der Waals surface area (Å²) < 4.78 is 0.800. The van der Waals surface area contributed by atoms with Crippen molar-refractivity contribution in [1.82, 2.24) is 4.90 Å². The maximum atomic E-state index is 12.5. The van der Waals surface area contributed by atoms with Gasteiger partial charge in [-0.05, 0) is 72.7 Å². The molecule has 2 amide bonds. The van der Waals surface area contributed by atoms with Crippen LogP contribution in [0.4, 0.5) is 5.69 Å². The van der Waals surface area contributed by atoms with Crippen LogP contribution in [0, 0.1) is 24.3 Å². The molecule has 4 nitrogen and oxygen atoms in total. The van der Waals surface area contributed by atoms with Gasteiger partial charge in [-0.2, -0.15) is 0 Å². The molecule has 0 saturated heterocycles. The molecular formula is C19H20ClIN2O2. The topological polar surface area (TPSA) is 49.4 Å². The first kappa shape index (κ1) is 19.7. The minimum atomic E-state index is -0.227. The number of halogens is 2. The molecule has 0 fully saturated rings. The number of nitrogens with zero attached hydrogens (tertiary/aromatic N) is 1. The molecule has 2 aromatic rings. The van der Waals surface area contributed by atoms with Crippen LogP contribution in [0.15, 0.2) is 30.3 Å². The third-order valence-electron chi connectivity index (χ3n) is 3.84. The van der Waals surface area contributed by atoms with Crippen molar-refractivity contribution in [2.75, 3.05) is 18.9 Å². The van der Waals surface area contributed by atoms with Crippen LogP contribution < -0.4 is 5.32 Å². The van der Waals surface area contributed by atoms with E-state index >= 15 is 0 Å². The van der Waals surface area contributed by atoms with Crippen LogP contribution in [0.1, 0.15) is 27.0 Å². The standard InChI is InChI=1S/C19H20ClIN2O2/c1-11-7-12(2)18(13(3)8-11)22-17(24)10-23(4)19(25)14-5-6-15(20)16(21)9-14/h5-9H,10H2,1-4H3,(H,22,24). The van der Waals surface area contributed by atoms with E-state index in [0.29, 0.717) is 10.6 Å². The molecule has 0 radical (unpaired) electrons. The van der Waals surface area contributed by atoms with Crippen LogP contribution in [0.2, 0.25) is 5.02 Å². The predicted molar refractivity (Wildman–Crippen MR) is 110 cm³/mol. The van der Waals surface area contributed by atoms with Crippen LogP contribution in [-0.4, -0.2) is 30.3 Å². The van der Waals surface area contributed by atoms with Gasteiger partial charge in [0.25, 0.3) is 5.91 Å². The van der Waals surface area contributed by atoms with E-state index in [1.807, 2.05) is 32.9 Å². The van der Waals surface area contributed by atoms with Crippen LogP contribution in [-0.2, 0) is 4.79 Å². The molecule has 0 spiro atoms. The van der Waals surface area contributed by atoms with Crippen molar-refractivity contribution < 1.29 is 9.59 Å². The maximum absolute atomic E-state index is 12.5. The van der Waals surface area contributed by atoms with Gasteiger partial charge in [0.1, 0.15) is 0 Å². The Bertz CT molecular complexity index is 813. The van der Waals surface area contributed by atoms with E-state index in [1.54, 1.807) is 25.2 Å². The fourth-order valence-electron chi connectivity index (χ4n) is 2.69. The average Bonchev–Trinajstić information content (AvgIpc) is 2.52. The van der Waals surface area contributed by atoms with Gasteiger partial charge in [-0.25, -0.2) is 0 Å². The smallest absolute Gasteiger partial charge is 0.254 e. The fourth-order valence-corrected chi connectivity index (χ4v) is 3.33. The molecule has 25 heavy (non-hydrogen) atoms. The molecule has 2 aromatic carbocycles. The van der Waals surface area contributed by atoms with E-state index in [2.05, 4.69) is 27.9 Å². The lowest BCUT2D eigenvalue weighted by Crippen LogP contribution is -2.35. The zero-order chi connectivity index (χ0) is 18.7. The molecule has 0 atom stereocenters. The van der Waals surface area contributed by atoms with Crippen molar-refractivity contribution in [2.24, 2.45) is 0 Å². The predicted octanol–water partition coefficient (Wildman–Crippen LogP) is 4.58. The third-order valence-corrected chi connectivity index (χ3v) is 5.38. The minimum absolute atomic E-state index is 0.0230. The van der Waals surface area contributed by atoms with E-state index in [-0.39, 0.29) is 18.4 Å². The van der Waals surface area contributed by atoms with Gasteiger partial charge in [0, 0.05) is 21.9 Å². The average molecular weight is 471 g/mol. The van der Waals surface area contributed by atoms with Crippen molar-refractivity contribution in [2.45, 2.75) is 20.8 Å². The second-order valence-electron chi connectivity index (χ2n) is 6.11. The number of nitrogens with one attached hydrogen (secondary N) is 1. The molecule has 0 aliphatic rings. The zero-order valence-corrected chi connectivity index (χ0v) is 17.5. The molecule has 0 bridgehead atoms. The normalized spacial score (nSPS) is 10.5. The summed E-state index contributed by atoms with van der Waals surface area (Å²) in [5.41, 5.74) is 4.47. The summed E-state index contributed by atoms with van der Waals surface area (Å²) in [6.07, 6.45) is 0. The lowest BCUT2D eigenvalue weighted by Gasteiger charge is -2.19. The van der Waals surface area contributed by atoms with Crippen LogP contribution in [0.3, 0.4) is 0 Å². The summed E-state index contributed by atoms with van der Waals surface area (Å²) in [5.74, 6) is -0.448. The number of rotatable bonds is 4. The minimum Gasteiger partial charge on any atom is -0.332 e. The van der Waals surface area contributed by atoms with Gasteiger partial charge in [0.05, 0.1) is 11.6 Å². The highest BCUT2D eigenvalue weighted by atomic mass is 127. The van der Waals surface area contributed by atoms with Gasteiger partial charge in [0.15, 0.2) is 0 Å². The number of hydrogen-bond acceptors (Lipinski definition) is 2. The van der Waals surface area contributed by atoms with E-state index in [1.165, 1.54) is 4.90 Å². The van der Waals surface area contributed by atoms with Crippen molar-refractivity contribution in [3.8, 4) is 0 Å². The molecule has 0 aromatic heterocycles. The van der Waals surface area contributed by atoms with Gasteiger partial charge in [0.2, 0.25) is 5.91 Å². The Kier molecular flexibility index (Phi) is 6.46. The largest absolute Gasteiger partial charge is 0.332 e. The summed E-state index contributed by atoms with van der Waals surface area (Å²) >= 11 is 8.06. The SMILES string of the molecule is Cc1cc(C)c(NC(=O)CN(C)C(=O)c2ccc(Cl)c(I)c2)c(C)c1. The van der Waals surface area contributed by atoms with Crippen molar-refractivity contribution in [3.05, 3.63) is 61.2 Å². The highest BCUT2D eigenvalue weighted by Crippen LogP contribution is 2.22. The Morgan fingerprint density at radius 2 is 1.72 bits per heavy atom. The van der Waals surface area contributed by atoms with Gasteiger partial charge < -0.3 is 10.2 Å². The van der Waals surface area contributed by atoms with Gasteiger partial charge in [-0.3, -0.25) is 9.59 Å². The fraction of sp³-hybridized carbons (Fsp3) is 0.263. The van der Waals surface area contributed by atoms with Crippen LogP contribution in [0.25, 0.3) is 0 Å². The molecule has 0 aliphatic carbocycles. The second kappa shape index (κ2) is 8.19. The first-order chi connectivity index (χ1) is 11.7. The van der Waals surface area contributed by atoms with E-state index in [4.69, 9.17) is 11.6 Å². The molecule has 0 saturated carbocycles. The van der Waals surface area contributed by atoms with E-state index in [0.717, 1.165) is 25.9 Å². The van der Waals surface area contributed by atoms with E-state index in [9.17, 15) is 9.59 Å². The Morgan fingerprint density at radius 3 is 2.28 bits per heavy atom. The van der Waals surface area contributed by atoms with Gasteiger partial charge in [-0.15, -0.1) is 0 Å². The number of benzene rings is 2. The molecule has 132 valence electrons. The monoisotopic (exact) mass is 470 g/mol. The highest BCUT2D eigenvalue weighted by Gasteiger charge is 2.17. The number of hydrogen-bond donors (Lipinski definition) is 1. The summed E-state index contributed by atoms with van der Waals surface area (Å²) in [4.78, 5) is 26.2. The number of aryl methyl sites for hydroxylation is 3. The van der Waals surface area contributed by atoms with Crippen molar-refractivity contribution in [3.63, 3.8) is 0 Å². The third kappa shape index (κ3) is 4.95. The molecule has 0 unspecified atom stereocenters. The first-order valence-electron chi connectivity index (χ1n) is 7.77. The molecule has 1 N–H and O–H groups in total. The summed E-state index contributed by atoms with van der Waals surface area (Å²) in [7, 11) is 1.61. The first-order valence-corrected chi connectivity index (χ1v) is 9.23. The number of carbonyl (C=O) groups excluding carboxylic acids is 2. The lowest BCUT2D eigenvalue weighted by molar-refractivity contribution is -0.116. The number of anilines is 1. The number of likely N-dealkylation sites (N-methyl/N-ethyl adjacent to an activating group) is 1. The van der Waals surface area contributed by atoms with Crippen LogP contribution in [0.5, 0.6) is 0 Å². The zero-order valence-electron chi connectivity index (χ0n) is 14.6. The van der Waals surface area contributed by atoms with Crippen LogP contribution >= 0.6 is 34.2 Å². The molecule has 6 heteroatoms. The highest BCUT2D eigenvalue weighted by molar-refractivity contribution is 14.1. The number of carbonyl (C=O) groups is 2. The second-order valence-corrected chi connectivity index (χ2v) is 7.68. The molecule has 2 rings (SSSR count). The Balaban J connectivity index is 2.07. The summed E-state index contributed by atoms with van der Waals surface area (Å²) in [5, 5.41) is 3.51. The molecule has 0 aliphatic heterocycles. The van der Waals surface area contributed by atoms with Gasteiger partial charge >= 0.3 is 0 Å². The Hall–Kier alpha value is -1.60. The Labute approximate surface area is 166 Å². The van der Waals surface area contributed by atoms with Gasteiger partial charge in [-0.1, -0.05) is 29.3 Å². The maximum Gasteiger partial charge on any atom is 0.254 e. The van der Waals surface area contributed by atoms with Crippen molar-refractivity contribution in [1.29, 1.82) is 0 Å². The lowest BCUT2D eigenvalue weighted by atomic mass is 10.1. The van der Waals surface area contributed by atoms with E-state index < -0.39 is 0 Å². The quantitative estimate of drug-likeness (QED) is 0.665. The summed E-state index contributed by atoms with van der Waals surface area (Å²) in [6.45, 7) is 5.91. The summed E-state index contributed by atoms with van der Waals surface area (Å²) in [6, 6.07) is 9.10. The molecule has 0 heterocycles.